The van der Waals surface area contributed by atoms with Crippen LogP contribution in [-0.4, -0.2) is 11.2 Å². The van der Waals surface area contributed by atoms with Gasteiger partial charge >= 0.3 is 0 Å². The summed E-state index contributed by atoms with van der Waals surface area (Å²) in [7, 11) is 0. The van der Waals surface area contributed by atoms with Crippen LogP contribution in [-0.2, 0) is 4.74 Å². The van der Waals surface area contributed by atoms with E-state index < -0.39 is 29.4 Å². The molecule has 0 aromatic heterocycles. The summed E-state index contributed by atoms with van der Waals surface area (Å²) in [5.41, 5.74) is -1.78. The zero-order valence-electron chi connectivity index (χ0n) is 17.7. The molecular weight excluding hydrogens is 232 g/mol. The van der Waals surface area contributed by atoms with Crippen molar-refractivity contribution in [1.82, 2.24) is 0 Å². The second kappa shape index (κ2) is 4.35. The van der Waals surface area contributed by atoms with E-state index in [0.717, 1.165) is 19.3 Å². The molecule has 0 aromatic rings. The van der Waals surface area contributed by atoms with E-state index in [1.54, 1.807) is 0 Å². The molecule has 1 heterocycles. The minimum atomic E-state index is -1.71. The van der Waals surface area contributed by atoms with Gasteiger partial charge in [0.05, 0.1) is 12.6 Å². The number of hydrogen-bond donors (Lipinski definition) is 0. The van der Waals surface area contributed by atoms with Crippen LogP contribution in [0.3, 0.4) is 0 Å². The first kappa shape index (κ1) is 8.87. The third kappa shape index (κ3) is 1.84. The highest BCUT2D eigenvalue weighted by atomic mass is 16.5. The van der Waals surface area contributed by atoms with Gasteiger partial charge in [-0.05, 0) is 70.2 Å². The number of fused-ring (bicyclic) bond motifs is 1. The lowest BCUT2D eigenvalue weighted by Gasteiger charge is -2.52. The molecule has 0 radical (unpaired) electrons. The minimum Gasteiger partial charge on any atom is -0.364 e. The monoisotopic (exact) mass is 267 g/mol. The molecule has 0 unspecified atom stereocenters. The van der Waals surface area contributed by atoms with Gasteiger partial charge in [-0.15, -0.1) is 0 Å². The van der Waals surface area contributed by atoms with Crippen LogP contribution in [0.5, 0.6) is 0 Å². The van der Waals surface area contributed by atoms with Crippen LogP contribution in [0.4, 0.5) is 0 Å². The molecule has 2 bridgehead atoms. The van der Waals surface area contributed by atoms with Crippen LogP contribution in [0.2, 0.25) is 0 Å². The second-order valence-corrected chi connectivity index (χ2v) is 7.24. The normalized spacial score (nSPS) is 53.5. The number of hydrogen-bond acceptors (Lipinski definition) is 1. The van der Waals surface area contributed by atoms with Crippen molar-refractivity contribution in [2.24, 2.45) is 11.3 Å². The van der Waals surface area contributed by atoms with E-state index in [2.05, 4.69) is 6.92 Å². The molecule has 1 saturated carbocycles. The summed E-state index contributed by atoms with van der Waals surface area (Å²) in [5.74, 6) is -0.216. The Morgan fingerprint density at radius 2 is 2.21 bits per heavy atom. The van der Waals surface area contributed by atoms with E-state index >= 15 is 0 Å². The Balaban J connectivity index is 2.28. The third-order valence-corrected chi connectivity index (χ3v) is 5.39. The van der Waals surface area contributed by atoms with Crippen LogP contribution in [0, 0.1) is 11.3 Å². The van der Waals surface area contributed by atoms with Crippen LogP contribution in [0.1, 0.15) is 85.8 Å². The van der Waals surface area contributed by atoms with Crippen molar-refractivity contribution in [3.63, 3.8) is 0 Å². The Hall–Kier alpha value is -0.300. The van der Waals surface area contributed by atoms with Gasteiger partial charge in [0, 0.05) is 10.9 Å². The smallest absolute Gasteiger partial charge is 0.0955 e. The Labute approximate surface area is 125 Å². The summed E-state index contributed by atoms with van der Waals surface area (Å²) < 4.78 is 49.8. The Kier molecular flexibility index (Phi) is 2.03. The van der Waals surface area contributed by atoms with Crippen molar-refractivity contribution in [2.75, 3.05) is 0 Å². The molecule has 3 rings (SSSR count). The molecule has 1 aliphatic heterocycles. The van der Waals surface area contributed by atoms with Gasteiger partial charge in [0.15, 0.2) is 0 Å². The van der Waals surface area contributed by atoms with E-state index in [9.17, 15) is 0 Å². The first-order chi connectivity index (χ1) is 10.9. The highest BCUT2D eigenvalue weighted by Crippen LogP contribution is 2.65. The number of ether oxygens (including phenoxy) is 1. The molecule has 2 fully saturated rings. The van der Waals surface area contributed by atoms with E-state index in [1.165, 1.54) is 0 Å². The summed E-state index contributed by atoms with van der Waals surface area (Å²) >= 11 is 0. The zero-order valence-corrected chi connectivity index (χ0v) is 12.7. The SMILES string of the molecule is [2H]C1=C(CCCC)[C@]23OC(C)(C)[C@H](CC[C@]2(C)CC1([2H])[2H])C3([2H])[2H]. The molecule has 1 spiro atoms. The number of allylic oxidation sites excluding steroid dienone is 1. The molecule has 108 valence electrons. The average molecular weight is 267 g/mol. The van der Waals surface area contributed by atoms with Gasteiger partial charge in [-0.25, -0.2) is 0 Å². The highest BCUT2D eigenvalue weighted by Gasteiger charge is 2.64. The molecule has 19 heavy (non-hydrogen) atoms. The lowest BCUT2D eigenvalue weighted by atomic mass is 9.55. The van der Waals surface area contributed by atoms with Gasteiger partial charge in [-0.3, -0.25) is 0 Å². The van der Waals surface area contributed by atoms with Gasteiger partial charge in [0.1, 0.15) is 0 Å². The second-order valence-electron chi connectivity index (χ2n) is 7.24. The predicted molar refractivity (Wildman–Crippen MR) is 80.2 cm³/mol. The fraction of sp³-hybridized carbons (Fsp3) is 0.889. The lowest BCUT2D eigenvalue weighted by Crippen LogP contribution is -2.51. The van der Waals surface area contributed by atoms with E-state index in [1.807, 2.05) is 20.8 Å². The molecule has 1 saturated heterocycles. The minimum absolute atomic E-state index is 0.0318. The molecule has 3 aliphatic rings. The molecule has 0 amide bonds. The fourth-order valence-electron chi connectivity index (χ4n) is 4.02. The summed E-state index contributed by atoms with van der Waals surface area (Å²) in [6, 6.07) is -0.0318. The summed E-state index contributed by atoms with van der Waals surface area (Å²) in [4.78, 5) is 0. The van der Waals surface area contributed by atoms with Crippen LogP contribution >= 0.6 is 0 Å². The van der Waals surface area contributed by atoms with Gasteiger partial charge in [-0.2, -0.15) is 0 Å². The van der Waals surface area contributed by atoms with Crippen molar-refractivity contribution in [1.29, 1.82) is 0 Å². The maximum absolute atomic E-state index is 8.98. The summed E-state index contributed by atoms with van der Waals surface area (Å²) in [6.07, 6.45) is 0.658. The maximum atomic E-state index is 8.98. The van der Waals surface area contributed by atoms with Gasteiger partial charge in [0.25, 0.3) is 0 Å². The topological polar surface area (TPSA) is 9.23 Å². The number of unbranched alkanes of at least 4 members (excludes halogenated alkanes) is 1. The van der Waals surface area contributed by atoms with Crippen molar-refractivity contribution < 1.29 is 11.6 Å². The molecular formula is C18H30O. The summed E-state index contributed by atoms with van der Waals surface area (Å²) in [5, 5.41) is 0. The zero-order chi connectivity index (χ0) is 18.2. The first-order valence-electron chi connectivity index (χ1n) is 10.3. The molecule has 0 N–H and O–H groups in total. The molecule has 1 nitrogen and oxygen atoms in total. The molecule has 1 heteroatoms. The Morgan fingerprint density at radius 1 is 1.42 bits per heavy atom. The number of rotatable bonds is 3. The van der Waals surface area contributed by atoms with E-state index in [0.29, 0.717) is 18.4 Å². The van der Waals surface area contributed by atoms with Crippen molar-refractivity contribution in [2.45, 2.75) is 90.2 Å². The Bertz CT molecular complexity index is 582. The fourth-order valence-corrected chi connectivity index (χ4v) is 4.02. The predicted octanol–water partition coefficient (Wildman–Crippen LogP) is 5.25. The largest absolute Gasteiger partial charge is 0.364 e. The Morgan fingerprint density at radius 3 is 2.95 bits per heavy atom. The molecule has 2 aliphatic carbocycles. The van der Waals surface area contributed by atoms with Gasteiger partial charge in [0.2, 0.25) is 0 Å². The van der Waals surface area contributed by atoms with E-state index in [-0.39, 0.29) is 18.4 Å². The van der Waals surface area contributed by atoms with Crippen molar-refractivity contribution >= 4 is 0 Å². The standard InChI is InChI=1S/C18H30O/c1-5-6-8-14-9-7-11-17(4)12-10-15-13-18(14,17)19-16(15,2)3/h9,15H,5-8,10-13H2,1-4H3/t15-,17+,18+/m1/s1/i7D2,9D,13D2. The van der Waals surface area contributed by atoms with Crippen LogP contribution in [0.25, 0.3) is 0 Å². The van der Waals surface area contributed by atoms with Crippen molar-refractivity contribution in [3.8, 4) is 0 Å². The first-order valence-corrected chi connectivity index (χ1v) is 7.77. The van der Waals surface area contributed by atoms with Crippen LogP contribution < -0.4 is 0 Å². The summed E-state index contributed by atoms with van der Waals surface area (Å²) in [6.45, 7) is 7.97. The van der Waals surface area contributed by atoms with Crippen molar-refractivity contribution in [3.05, 3.63) is 11.6 Å². The lowest BCUT2D eigenvalue weighted by molar-refractivity contribution is -0.132. The maximum Gasteiger partial charge on any atom is 0.0955 e. The van der Waals surface area contributed by atoms with Crippen LogP contribution in [0.15, 0.2) is 11.6 Å². The molecule has 0 aromatic carbocycles. The molecule has 3 atom stereocenters. The average Bonchev–Trinajstić information content (AvgIpc) is 2.51. The third-order valence-electron chi connectivity index (χ3n) is 5.39. The quantitative estimate of drug-likeness (QED) is 0.634. The highest BCUT2D eigenvalue weighted by molar-refractivity contribution is 5.31. The van der Waals surface area contributed by atoms with Gasteiger partial charge in [-0.1, -0.05) is 26.3 Å². The van der Waals surface area contributed by atoms with Gasteiger partial charge < -0.3 is 4.74 Å². The van der Waals surface area contributed by atoms with E-state index in [4.69, 9.17) is 11.6 Å².